The molecule has 106 valence electrons. The minimum Gasteiger partial charge on any atom is -0.496 e. The normalized spacial score (nSPS) is 12.2. The maximum atomic E-state index is 6.25. The van der Waals surface area contributed by atoms with E-state index in [1.54, 1.807) is 7.11 Å². The predicted octanol–water partition coefficient (Wildman–Crippen LogP) is 4.22. The molecular weight excluding hydrogens is 338 g/mol. The maximum absolute atomic E-state index is 6.25. The molecule has 2 aromatic rings. The summed E-state index contributed by atoms with van der Waals surface area (Å²) in [6.07, 6.45) is 1.49. The van der Waals surface area contributed by atoms with Gasteiger partial charge in [0.1, 0.15) is 5.75 Å². The Kier molecular flexibility index (Phi) is 5.46. The fraction of sp³-hybridized carbons (Fsp3) is 0.250. The van der Waals surface area contributed by atoms with Gasteiger partial charge in [-0.05, 0) is 48.2 Å². The highest BCUT2D eigenvalue weighted by Gasteiger charge is 2.11. The zero-order chi connectivity index (χ0) is 14.5. The van der Waals surface area contributed by atoms with E-state index in [4.69, 9.17) is 22.1 Å². The average Bonchev–Trinajstić information content (AvgIpc) is 2.41. The molecule has 0 saturated carbocycles. The number of nitrogens with two attached hydrogens (primary N) is 1. The summed E-state index contributed by atoms with van der Waals surface area (Å²) in [7, 11) is 1.67. The summed E-state index contributed by atoms with van der Waals surface area (Å²) in [6, 6.07) is 13.8. The van der Waals surface area contributed by atoms with Crippen molar-refractivity contribution in [3.63, 3.8) is 0 Å². The van der Waals surface area contributed by atoms with Gasteiger partial charge >= 0.3 is 0 Å². The molecule has 0 aliphatic carbocycles. The molecule has 1 atom stereocenters. The van der Waals surface area contributed by atoms with Crippen LogP contribution in [-0.2, 0) is 12.8 Å². The van der Waals surface area contributed by atoms with Gasteiger partial charge in [0.25, 0.3) is 0 Å². The SMILES string of the molecule is COc1ccc(Br)cc1CC(N)Cc1ccccc1Cl. The molecule has 4 heteroatoms. The van der Waals surface area contributed by atoms with E-state index < -0.39 is 0 Å². The summed E-state index contributed by atoms with van der Waals surface area (Å²) in [5, 5.41) is 0.768. The summed E-state index contributed by atoms with van der Waals surface area (Å²) in [6.45, 7) is 0. The quantitative estimate of drug-likeness (QED) is 0.872. The van der Waals surface area contributed by atoms with Gasteiger partial charge in [-0.25, -0.2) is 0 Å². The molecule has 0 amide bonds. The van der Waals surface area contributed by atoms with Crippen LogP contribution < -0.4 is 10.5 Å². The zero-order valence-corrected chi connectivity index (χ0v) is 13.6. The van der Waals surface area contributed by atoms with Gasteiger partial charge in [0.15, 0.2) is 0 Å². The van der Waals surface area contributed by atoms with Crippen LogP contribution in [0.4, 0.5) is 0 Å². The summed E-state index contributed by atoms with van der Waals surface area (Å²) >= 11 is 9.64. The smallest absolute Gasteiger partial charge is 0.122 e. The first-order valence-electron chi connectivity index (χ1n) is 6.41. The second-order valence-corrected chi connectivity index (χ2v) is 6.04. The third kappa shape index (κ3) is 3.98. The Labute approximate surface area is 133 Å². The number of methoxy groups -OCH3 is 1. The van der Waals surface area contributed by atoms with Gasteiger partial charge in [-0.2, -0.15) is 0 Å². The highest BCUT2D eigenvalue weighted by atomic mass is 79.9. The van der Waals surface area contributed by atoms with E-state index in [1.807, 2.05) is 42.5 Å². The number of hydrogen-bond acceptors (Lipinski definition) is 2. The van der Waals surface area contributed by atoms with E-state index in [1.165, 1.54) is 0 Å². The average molecular weight is 355 g/mol. The molecule has 1 unspecified atom stereocenters. The van der Waals surface area contributed by atoms with Crippen molar-refractivity contribution in [2.24, 2.45) is 5.73 Å². The lowest BCUT2D eigenvalue weighted by Crippen LogP contribution is -2.25. The Hall–Kier alpha value is -1.03. The molecule has 0 heterocycles. The van der Waals surface area contributed by atoms with Gasteiger partial charge in [0.2, 0.25) is 0 Å². The molecule has 2 nitrogen and oxygen atoms in total. The third-order valence-electron chi connectivity index (χ3n) is 3.16. The summed E-state index contributed by atoms with van der Waals surface area (Å²) in [4.78, 5) is 0. The van der Waals surface area contributed by atoms with Crippen LogP contribution in [0.25, 0.3) is 0 Å². The van der Waals surface area contributed by atoms with Crippen LogP contribution in [0.1, 0.15) is 11.1 Å². The van der Waals surface area contributed by atoms with Crippen LogP contribution in [0.2, 0.25) is 5.02 Å². The third-order valence-corrected chi connectivity index (χ3v) is 4.03. The lowest BCUT2D eigenvalue weighted by molar-refractivity contribution is 0.407. The Morgan fingerprint density at radius 1 is 1.15 bits per heavy atom. The number of rotatable bonds is 5. The van der Waals surface area contributed by atoms with Gasteiger partial charge in [-0.15, -0.1) is 0 Å². The molecule has 2 aromatic carbocycles. The minimum absolute atomic E-state index is 0.00176. The molecular formula is C16H17BrClNO. The molecule has 0 aliphatic heterocycles. The molecule has 0 spiro atoms. The van der Waals surface area contributed by atoms with Crippen LogP contribution in [-0.4, -0.2) is 13.2 Å². The van der Waals surface area contributed by atoms with E-state index >= 15 is 0 Å². The van der Waals surface area contributed by atoms with Gasteiger partial charge in [-0.3, -0.25) is 0 Å². The minimum atomic E-state index is -0.00176. The van der Waals surface area contributed by atoms with Crippen molar-refractivity contribution in [3.05, 3.63) is 63.1 Å². The van der Waals surface area contributed by atoms with Gasteiger partial charge in [0, 0.05) is 15.5 Å². The summed E-state index contributed by atoms with van der Waals surface area (Å²) in [5.74, 6) is 0.864. The molecule has 0 aromatic heterocycles. The van der Waals surface area contributed by atoms with E-state index in [9.17, 15) is 0 Å². The second kappa shape index (κ2) is 7.11. The number of halogens is 2. The van der Waals surface area contributed by atoms with E-state index in [2.05, 4.69) is 15.9 Å². The summed E-state index contributed by atoms with van der Waals surface area (Å²) in [5.41, 5.74) is 8.43. The molecule has 2 rings (SSSR count). The van der Waals surface area contributed by atoms with E-state index in [0.29, 0.717) is 0 Å². The van der Waals surface area contributed by atoms with Gasteiger partial charge < -0.3 is 10.5 Å². The topological polar surface area (TPSA) is 35.2 Å². The number of hydrogen-bond donors (Lipinski definition) is 1. The van der Waals surface area contributed by atoms with E-state index in [0.717, 1.165) is 39.2 Å². The van der Waals surface area contributed by atoms with Gasteiger partial charge in [-0.1, -0.05) is 45.7 Å². The Morgan fingerprint density at radius 3 is 2.55 bits per heavy atom. The second-order valence-electron chi connectivity index (χ2n) is 4.72. The van der Waals surface area contributed by atoms with Crippen molar-refractivity contribution in [2.45, 2.75) is 18.9 Å². The highest BCUT2D eigenvalue weighted by Crippen LogP contribution is 2.25. The standard InChI is InChI=1S/C16H17BrClNO/c1-20-16-7-6-13(17)8-12(16)10-14(19)9-11-4-2-3-5-15(11)18/h2-8,14H,9-10,19H2,1H3. The molecule has 2 N–H and O–H groups in total. The maximum Gasteiger partial charge on any atom is 0.122 e. The van der Waals surface area contributed by atoms with Crippen LogP contribution >= 0.6 is 27.5 Å². The number of benzene rings is 2. The Morgan fingerprint density at radius 2 is 1.85 bits per heavy atom. The van der Waals surface area contributed by atoms with Crippen molar-refractivity contribution in [1.29, 1.82) is 0 Å². The largest absolute Gasteiger partial charge is 0.496 e. The monoisotopic (exact) mass is 353 g/mol. The summed E-state index contributed by atoms with van der Waals surface area (Å²) < 4.78 is 6.40. The van der Waals surface area contributed by atoms with Crippen LogP contribution in [0.3, 0.4) is 0 Å². The van der Waals surface area contributed by atoms with Crippen molar-refractivity contribution >= 4 is 27.5 Å². The molecule has 0 radical (unpaired) electrons. The first-order chi connectivity index (χ1) is 9.60. The Balaban J connectivity index is 2.10. The molecule has 0 bridgehead atoms. The van der Waals surface area contributed by atoms with Crippen molar-refractivity contribution in [1.82, 2.24) is 0 Å². The van der Waals surface area contributed by atoms with Crippen molar-refractivity contribution in [3.8, 4) is 5.75 Å². The number of ether oxygens (including phenoxy) is 1. The van der Waals surface area contributed by atoms with Crippen molar-refractivity contribution in [2.75, 3.05) is 7.11 Å². The fourth-order valence-corrected chi connectivity index (χ4v) is 2.83. The van der Waals surface area contributed by atoms with Crippen molar-refractivity contribution < 1.29 is 4.74 Å². The zero-order valence-electron chi connectivity index (χ0n) is 11.3. The highest BCUT2D eigenvalue weighted by molar-refractivity contribution is 9.10. The lowest BCUT2D eigenvalue weighted by atomic mass is 9.99. The van der Waals surface area contributed by atoms with Crippen LogP contribution in [0.5, 0.6) is 5.75 Å². The molecule has 20 heavy (non-hydrogen) atoms. The molecule has 0 aliphatic rings. The first kappa shape index (κ1) is 15.4. The molecule has 0 saturated heterocycles. The Bertz CT molecular complexity index is 588. The van der Waals surface area contributed by atoms with Crippen LogP contribution in [0.15, 0.2) is 46.9 Å². The van der Waals surface area contributed by atoms with Crippen LogP contribution in [0, 0.1) is 0 Å². The van der Waals surface area contributed by atoms with Gasteiger partial charge in [0.05, 0.1) is 7.11 Å². The molecule has 0 fully saturated rings. The predicted molar refractivity (Wildman–Crippen MR) is 87.5 cm³/mol. The van der Waals surface area contributed by atoms with E-state index in [-0.39, 0.29) is 6.04 Å². The lowest BCUT2D eigenvalue weighted by Gasteiger charge is -2.15. The first-order valence-corrected chi connectivity index (χ1v) is 7.58. The fourth-order valence-electron chi connectivity index (χ4n) is 2.21.